The molecule has 1 aromatic rings. The van der Waals surface area contributed by atoms with E-state index in [0.29, 0.717) is 11.6 Å². The SMILES string of the molecule is Cc1cc(C(=O)NC2CCCC2)ccc1NN. The van der Waals surface area contributed by atoms with E-state index in [2.05, 4.69) is 10.7 Å². The zero-order valence-electron chi connectivity index (χ0n) is 10.1. The van der Waals surface area contributed by atoms with Crippen LogP contribution in [0.4, 0.5) is 5.69 Å². The van der Waals surface area contributed by atoms with Gasteiger partial charge in [0.2, 0.25) is 0 Å². The number of benzene rings is 1. The third kappa shape index (κ3) is 2.77. The molecule has 1 amide bonds. The third-order valence-corrected chi connectivity index (χ3v) is 3.33. The molecule has 0 spiro atoms. The van der Waals surface area contributed by atoms with E-state index in [1.54, 1.807) is 6.07 Å². The minimum atomic E-state index is 0.0172. The highest BCUT2D eigenvalue weighted by Crippen LogP contribution is 2.19. The van der Waals surface area contributed by atoms with E-state index in [-0.39, 0.29) is 5.91 Å². The lowest BCUT2D eigenvalue weighted by molar-refractivity contribution is 0.0938. The van der Waals surface area contributed by atoms with E-state index in [9.17, 15) is 4.79 Å². The molecule has 1 fully saturated rings. The first-order chi connectivity index (χ1) is 8.20. The first kappa shape index (κ1) is 11.9. The molecule has 1 saturated carbocycles. The van der Waals surface area contributed by atoms with Gasteiger partial charge in [0.15, 0.2) is 0 Å². The number of rotatable bonds is 3. The van der Waals surface area contributed by atoms with E-state index in [1.807, 2.05) is 19.1 Å². The molecule has 0 radical (unpaired) electrons. The average molecular weight is 233 g/mol. The average Bonchev–Trinajstić information content (AvgIpc) is 2.81. The Bertz CT molecular complexity index is 411. The molecular formula is C13H19N3O. The molecular weight excluding hydrogens is 214 g/mol. The molecule has 1 aliphatic rings. The van der Waals surface area contributed by atoms with Gasteiger partial charge in [-0.2, -0.15) is 0 Å². The Hall–Kier alpha value is -1.55. The molecule has 0 aromatic heterocycles. The Kier molecular flexibility index (Phi) is 3.64. The molecule has 0 saturated heterocycles. The minimum absolute atomic E-state index is 0.0172. The van der Waals surface area contributed by atoms with Crippen molar-refractivity contribution in [1.29, 1.82) is 0 Å². The van der Waals surface area contributed by atoms with Gasteiger partial charge in [-0.15, -0.1) is 0 Å². The van der Waals surface area contributed by atoms with Crippen LogP contribution in [0, 0.1) is 6.92 Å². The number of hydrogen-bond donors (Lipinski definition) is 3. The summed E-state index contributed by atoms with van der Waals surface area (Å²) in [5, 5.41) is 3.07. The summed E-state index contributed by atoms with van der Waals surface area (Å²) in [5.74, 6) is 5.38. The molecule has 92 valence electrons. The fourth-order valence-corrected chi connectivity index (χ4v) is 2.31. The van der Waals surface area contributed by atoms with Crippen LogP contribution in [0.15, 0.2) is 18.2 Å². The van der Waals surface area contributed by atoms with Crippen LogP contribution in [0.25, 0.3) is 0 Å². The largest absolute Gasteiger partial charge is 0.349 e. The molecule has 1 aliphatic carbocycles. The van der Waals surface area contributed by atoms with Gasteiger partial charge in [-0.05, 0) is 43.5 Å². The van der Waals surface area contributed by atoms with Crippen molar-refractivity contribution in [2.75, 3.05) is 5.43 Å². The summed E-state index contributed by atoms with van der Waals surface area (Å²) in [5.41, 5.74) is 5.13. The fraction of sp³-hybridized carbons (Fsp3) is 0.462. The zero-order valence-corrected chi connectivity index (χ0v) is 10.1. The van der Waals surface area contributed by atoms with Crippen molar-refractivity contribution in [3.63, 3.8) is 0 Å². The second kappa shape index (κ2) is 5.19. The molecule has 0 aliphatic heterocycles. The molecule has 1 aromatic carbocycles. The topological polar surface area (TPSA) is 67.2 Å². The lowest BCUT2D eigenvalue weighted by Gasteiger charge is -2.13. The number of hydrogen-bond acceptors (Lipinski definition) is 3. The summed E-state index contributed by atoms with van der Waals surface area (Å²) in [6.07, 6.45) is 4.65. The zero-order chi connectivity index (χ0) is 12.3. The smallest absolute Gasteiger partial charge is 0.251 e. The maximum atomic E-state index is 12.0. The van der Waals surface area contributed by atoms with Crippen LogP contribution in [-0.2, 0) is 0 Å². The molecule has 0 atom stereocenters. The molecule has 0 unspecified atom stereocenters. The quantitative estimate of drug-likeness (QED) is 0.552. The van der Waals surface area contributed by atoms with Gasteiger partial charge in [0.1, 0.15) is 0 Å². The Morgan fingerprint density at radius 2 is 2.06 bits per heavy atom. The summed E-state index contributed by atoms with van der Waals surface area (Å²) in [6.45, 7) is 1.93. The number of nitrogens with one attached hydrogen (secondary N) is 2. The Balaban J connectivity index is 2.05. The predicted octanol–water partition coefficient (Wildman–Crippen LogP) is 1.95. The number of aryl methyl sites for hydroxylation is 1. The minimum Gasteiger partial charge on any atom is -0.349 e. The molecule has 4 nitrogen and oxygen atoms in total. The summed E-state index contributed by atoms with van der Waals surface area (Å²) >= 11 is 0. The Morgan fingerprint density at radius 1 is 1.35 bits per heavy atom. The Morgan fingerprint density at radius 3 is 2.65 bits per heavy atom. The van der Waals surface area contributed by atoms with Gasteiger partial charge in [0.05, 0.1) is 5.69 Å². The van der Waals surface area contributed by atoms with Crippen molar-refractivity contribution in [3.05, 3.63) is 29.3 Å². The van der Waals surface area contributed by atoms with Crippen molar-refractivity contribution in [3.8, 4) is 0 Å². The van der Waals surface area contributed by atoms with Crippen LogP contribution in [0.5, 0.6) is 0 Å². The fourth-order valence-electron chi connectivity index (χ4n) is 2.31. The van der Waals surface area contributed by atoms with Crippen LogP contribution in [0.2, 0.25) is 0 Å². The van der Waals surface area contributed by atoms with E-state index in [4.69, 9.17) is 5.84 Å². The standard InChI is InChI=1S/C13H19N3O/c1-9-8-10(6-7-12(9)16-14)13(17)15-11-4-2-3-5-11/h6-8,11,16H,2-5,14H2,1H3,(H,15,17). The van der Waals surface area contributed by atoms with Crippen molar-refractivity contribution < 1.29 is 4.79 Å². The molecule has 0 bridgehead atoms. The molecule has 0 heterocycles. The van der Waals surface area contributed by atoms with Crippen LogP contribution in [-0.4, -0.2) is 11.9 Å². The Labute approximate surface area is 102 Å². The molecule has 2 rings (SSSR count). The van der Waals surface area contributed by atoms with Crippen molar-refractivity contribution >= 4 is 11.6 Å². The second-order valence-corrected chi connectivity index (χ2v) is 4.63. The highest BCUT2D eigenvalue weighted by Gasteiger charge is 2.18. The first-order valence-corrected chi connectivity index (χ1v) is 6.09. The van der Waals surface area contributed by atoms with Gasteiger partial charge < -0.3 is 10.7 Å². The molecule has 4 heteroatoms. The summed E-state index contributed by atoms with van der Waals surface area (Å²) in [4.78, 5) is 12.0. The third-order valence-electron chi connectivity index (χ3n) is 3.33. The number of carbonyl (C=O) groups excluding carboxylic acids is 1. The van der Waals surface area contributed by atoms with Gasteiger partial charge in [-0.25, -0.2) is 0 Å². The van der Waals surface area contributed by atoms with Gasteiger partial charge in [-0.1, -0.05) is 12.8 Å². The number of nitrogen functional groups attached to an aromatic ring is 1. The highest BCUT2D eigenvalue weighted by atomic mass is 16.1. The number of amides is 1. The van der Waals surface area contributed by atoms with E-state index >= 15 is 0 Å². The van der Waals surface area contributed by atoms with Gasteiger partial charge in [0, 0.05) is 11.6 Å². The number of anilines is 1. The number of hydrazine groups is 1. The van der Waals surface area contributed by atoms with Crippen LogP contribution in [0.1, 0.15) is 41.6 Å². The van der Waals surface area contributed by atoms with Crippen molar-refractivity contribution in [2.45, 2.75) is 38.6 Å². The van der Waals surface area contributed by atoms with E-state index in [1.165, 1.54) is 12.8 Å². The lowest BCUT2D eigenvalue weighted by Crippen LogP contribution is -2.32. The van der Waals surface area contributed by atoms with E-state index < -0.39 is 0 Å². The second-order valence-electron chi connectivity index (χ2n) is 4.63. The molecule has 17 heavy (non-hydrogen) atoms. The lowest BCUT2D eigenvalue weighted by atomic mass is 10.1. The maximum Gasteiger partial charge on any atom is 0.251 e. The number of nitrogens with two attached hydrogens (primary N) is 1. The van der Waals surface area contributed by atoms with Crippen molar-refractivity contribution in [2.24, 2.45) is 5.84 Å². The summed E-state index contributed by atoms with van der Waals surface area (Å²) < 4.78 is 0. The maximum absolute atomic E-state index is 12.0. The van der Waals surface area contributed by atoms with Crippen LogP contribution < -0.4 is 16.6 Å². The summed E-state index contributed by atoms with van der Waals surface area (Å²) in [6, 6.07) is 5.85. The van der Waals surface area contributed by atoms with Gasteiger partial charge in [0.25, 0.3) is 5.91 Å². The van der Waals surface area contributed by atoms with Gasteiger partial charge in [-0.3, -0.25) is 10.6 Å². The first-order valence-electron chi connectivity index (χ1n) is 6.09. The van der Waals surface area contributed by atoms with Crippen LogP contribution >= 0.6 is 0 Å². The van der Waals surface area contributed by atoms with Gasteiger partial charge >= 0.3 is 0 Å². The summed E-state index contributed by atoms with van der Waals surface area (Å²) in [7, 11) is 0. The van der Waals surface area contributed by atoms with Crippen LogP contribution in [0.3, 0.4) is 0 Å². The predicted molar refractivity (Wildman–Crippen MR) is 68.7 cm³/mol. The number of carbonyl (C=O) groups is 1. The van der Waals surface area contributed by atoms with Crippen molar-refractivity contribution in [1.82, 2.24) is 5.32 Å². The monoisotopic (exact) mass is 233 g/mol. The normalized spacial score (nSPS) is 15.9. The van der Waals surface area contributed by atoms with E-state index in [0.717, 1.165) is 24.1 Å². The highest BCUT2D eigenvalue weighted by molar-refractivity contribution is 5.95. The molecule has 4 N–H and O–H groups in total.